The maximum atomic E-state index is 12.4. The molecule has 3 N–H and O–H groups in total. The van der Waals surface area contributed by atoms with Crippen molar-refractivity contribution in [2.45, 2.75) is 19.3 Å². The number of hydrogen-bond acceptors (Lipinski definition) is 5. The average molecular weight is 380 g/mol. The van der Waals surface area contributed by atoms with E-state index in [1.54, 1.807) is 17.4 Å². The van der Waals surface area contributed by atoms with Crippen LogP contribution in [0.5, 0.6) is 0 Å². The first-order valence-corrected chi connectivity index (χ1v) is 9.81. The molecule has 0 saturated heterocycles. The van der Waals surface area contributed by atoms with Gasteiger partial charge in [0, 0.05) is 24.1 Å². The standard InChI is InChI=1S/C20H20N4O2S/c25-11-5-1-4-10-21-19(26)13-8-9-15-14(12-13)18(24-23-15)20-22-16-6-2-3-7-17(16)27-20/h2-3,6-9,12,25H,1,4-5,10-11H2,(H,21,26)(H,23,24). The number of para-hydroxylation sites is 1. The highest BCUT2D eigenvalue weighted by Crippen LogP contribution is 2.33. The number of benzene rings is 2. The molecule has 2 heterocycles. The molecular weight excluding hydrogens is 360 g/mol. The van der Waals surface area contributed by atoms with Crippen molar-refractivity contribution in [3.05, 3.63) is 48.0 Å². The van der Waals surface area contributed by atoms with E-state index in [2.05, 4.69) is 20.5 Å². The van der Waals surface area contributed by atoms with Crippen molar-refractivity contribution in [1.82, 2.24) is 20.5 Å². The maximum absolute atomic E-state index is 12.4. The third-order valence-electron chi connectivity index (χ3n) is 4.44. The molecule has 0 bridgehead atoms. The number of unbranched alkanes of at least 4 members (excludes halogenated alkanes) is 2. The minimum atomic E-state index is -0.0997. The summed E-state index contributed by atoms with van der Waals surface area (Å²) in [6, 6.07) is 13.5. The van der Waals surface area contributed by atoms with Crippen LogP contribution in [0.2, 0.25) is 0 Å². The van der Waals surface area contributed by atoms with Crippen LogP contribution in [0.1, 0.15) is 29.6 Å². The lowest BCUT2D eigenvalue weighted by molar-refractivity contribution is 0.0953. The van der Waals surface area contributed by atoms with Crippen LogP contribution in [0.3, 0.4) is 0 Å². The molecule has 6 nitrogen and oxygen atoms in total. The summed E-state index contributed by atoms with van der Waals surface area (Å²) in [4.78, 5) is 17.1. The lowest BCUT2D eigenvalue weighted by atomic mass is 10.1. The Kier molecular flexibility index (Phi) is 5.13. The smallest absolute Gasteiger partial charge is 0.251 e. The third kappa shape index (κ3) is 3.70. The summed E-state index contributed by atoms with van der Waals surface area (Å²) in [5, 5.41) is 20.9. The molecule has 0 radical (unpaired) electrons. The van der Waals surface area contributed by atoms with E-state index in [-0.39, 0.29) is 12.5 Å². The van der Waals surface area contributed by atoms with E-state index in [1.165, 1.54) is 0 Å². The number of aromatic amines is 1. The Hall–Kier alpha value is -2.77. The zero-order valence-corrected chi connectivity index (χ0v) is 15.6. The number of aliphatic hydroxyl groups excluding tert-OH is 1. The van der Waals surface area contributed by atoms with Gasteiger partial charge in [0.2, 0.25) is 0 Å². The number of nitrogens with one attached hydrogen (secondary N) is 2. The van der Waals surface area contributed by atoms with E-state index in [0.29, 0.717) is 12.1 Å². The summed E-state index contributed by atoms with van der Waals surface area (Å²) < 4.78 is 1.11. The summed E-state index contributed by atoms with van der Waals surface area (Å²) in [7, 11) is 0. The number of H-pyrrole nitrogens is 1. The van der Waals surface area contributed by atoms with Gasteiger partial charge in [0.1, 0.15) is 10.7 Å². The minimum absolute atomic E-state index is 0.0997. The van der Waals surface area contributed by atoms with Gasteiger partial charge >= 0.3 is 0 Å². The van der Waals surface area contributed by atoms with Gasteiger partial charge in [0.05, 0.1) is 15.7 Å². The molecule has 0 aliphatic carbocycles. The molecule has 0 unspecified atom stereocenters. The largest absolute Gasteiger partial charge is 0.396 e. The van der Waals surface area contributed by atoms with Gasteiger partial charge in [-0.2, -0.15) is 5.10 Å². The molecule has 0 fully saturated rings. The van der Waals surface area contributed by atoms with Crippen LogP contribution in [-0.2, 0) is 0 Å². The van der Waals surface area contributed by atoms with E-state index >= 15 is 0 Å². The molecule has 1 amide bonds. The number of thiazole rings is 1. The number of nitrogens with zero attached hydrogens (tertiary/aromatic N) is 2. The first kappa shape index (κ1) is 17.6. The molecule has 138 valence electrons. The fourth-order valence-electron chi connectivity index (χ4n) is 3.01. The Balaban J connectivity index is 1.58. The number of hydrogen-bond donors (Lipinski definition) is 3. The molecular formula is C20H20N4O2S. The topological polar surface area (TPSA) is 90.9 Å². The Morgan fingerprint density at radius 2 is 2.04 bits per heavy atom. The van der Waals surface area contributed by atoms with Gasteiger partial charge in [-0.1, -0.05) is 12.1 Å². The number of fused-ring (bicyclic) bond motifs is 2. The van der Waals surface area contributed by atoms with Crippen LogP contribution < -0.4 is 5.32 Å². The van der Waals surface area contributed by atoms with E-state index in [9.17, 15) is 4.79 Å². The number of aromatic nitrogens is 3. The molecule has 2 aromatic carbocycles. The zero-order chi connectivity index (χ0) is 18.6. The molecule has 0 aliphatic heterocycles. The van der Waals surface area contributed by atoms with Gasteiger partial charge in [-0.25, -0.2) is 4.98 Å². The number of rotatable bonds is 7. The molecule has 2 aromatic heterocycles. The fraction of sp³-hybridized carbons (Fsp3) is 0.250. The number of carbonyl (C=O) groups excluding carboxylic acids is 1. The number of aliphatic hydroxyl groups is 1. The highest BCUT2D eigenvalue weighted by atomic mass is 32.1. The van der Waals surface area contributed by atoms with Crippen LogP contribution in [-0.4, -0.2) is 39.3 Å². The van der Waals surface area contributed by atoms with Crippen molar-refractivity contribution < 1.29 is 9.90 Å². The maximum Gasteiger partial charge on any atom is 0.251 e. The van der Waals surface area contributed by atoms with Crippen LogP contribution in [0, 0.1) is 0 Å². The van der Waals surface area contributed by atoms with E-state index < -0.39 is 0 Å². The van der Waals surface area contributed by atoms with Crippen molar-refractivity contribution in [2.24, 2.45) is 0 Å². The molecule has 4 rings (SSSR count). The van der Waals surface area contributed by atoms with Crippen LogP contribution in [0.15, 0.2) is 42.5 Å². The van der Waals surface area contributed by atoms with Gasteiger partial charge in [-0.15, -0.1) is 11.3 Å². The minimum Gasteiger partial charge on any atom is -0.396 e. The second-order valence-electron chi connectivity index (χ2n) is 6.36. The van der Waals surface area contributed by atoms with Crippen molar-refractivity contribution >= 4 is 38.4 Å². The normalized spacial score (nSPS) is 11.3. The Morgan fingerprint density at radius 1 is 1.15 bits per heavy atom. The SMILES string of the molecule is O=C(NCCCCCO)c1ccc2[nH]nc(-c3nc4ccccc4s3)c2c1. The molecule has 27 heavy (non-hydrogen) atoms. The molecule has 0 saturated carbocycles. The second kappa shape index (κ2) is 7.85. The molecule has 4 aromatic rings. The van der Waals surface area contributed by atoms with Crippen LogP contribution in [0.4, 0.5) is 0 Å². The second-order valence-corrected chi connectivity index (χ2v) is 7.39. The number of carbonyl (C=O) groups is 1. The van der Waals surface area contributed by atoms with Crippen molar-refractivity contribution in [1.29, 1.82) is 0 Å². The Bertz CT molecular complexity index is 1050. The Morgan fingerprint density at radius 3 is 2.89 bits per heavy atom. The summed E-state index contributed by atoms with van der Waals surface area (Å²) in [5.74, 6) is -0.0997. The third-order valence-corrected chi connectivity index (χ3v) is 5.49. The summed E-state index contributed by atoms with van der Waals surface area (Å²) in [5.41, 5.74) is 3.20. The van der Waals surface area contributed by atoms with Gasteiger partial charge in [0.25, 0.3) is 5.91 Å². The first-order valence-electron chi connectivity index (χ1n) is 8.99. The Labute approximate surface area is 160 Å². The van der Waals surface area contributed by atoms with E-state index in [4.69, 9.17) is 5.11 Å². The predicted octanol–water partition coefficient (Wildman–Crippen LogP) is 3.73. The van der Waals surface area contributed by atoms with Gasteiger partial charge in [0.15, 0.2) is 0 Å². The van der Waals surface area contributed by atoms with Crippen molar-refractivity contribution in [2.75, 3.05) is 13.2 Å². The summed E-state index contributed by atoms with van der Waals surface area (Å²) >= 11 is 1.59. The highest BCUT2D eigenvalue weighted by molar-refractivity contribution is 7.21. The monoisotopic (exact) mass is 380 g/mol. The summed E-state index contributed by atoms with van der Waals surface area (Å²) in [6.07, 6.45) is 2.53. The molecule has 0 spiro atoms. The van der Waals surface area contributed by atoms with Gasteiger partial charge in [-0.3, -0.25) is 9.89 Å². The van der Waals surface area contributed by atoms with Crippen LogP contribution in [0.25, 0.3) is 31.8 Å². The lowest BCUT2D eigenvalue weighted by Gasteiger charge is -2.05. The number of amides is 1. The quantitative estimate of drug-likeness (QED) is 0.426. The highest BCUT2D eigenvalue weighted by Gasteiger charge is 2.15. The molecule has 0 atom stereocenters. The first-order chi connectivity index (χ1) is 13.3. The van der Waals surface area contributed by atoms with E-state index in [0.717, 1.165) is 51.1 Å². The average Bonchev–Trinajstić information content (AvgIpc) is 3.30. The zero-order valence-electron chi connectivity index (χ0n) is 14.7. The van der Waals surface area contributed by atoms with Crippen molar-refractivity contribution in [3.63, 3.8) is 0 Å². The predicted molar refractivity (Wildman–Crippen MR) is 108 cm³/mol. The van der Waals surface area contributed by atoms with Gasteiger partial charge in [-0.05, 0) is 49.6 Å². The van der Waals surface area contributed by atoms with E-state index in [1.807, 2.05) is 36.4 Å². The lowest BCUT2D eigenvalue weighted by Crippen LogP contribution is -2.24. The van der Waals surface area contributed by atoms with Crippen molar-refractivity contribution in [3.8, 4) is 10.7 Å². The molecule has 0 aliphatic rings. The molecule has 7 heteroatoms. The van der Waals surface area contributed by atoms with Gasteiger partial charge < -0.3 is 10.4 Å². The fourth-order valence-corrected chi connectivity index (χ4v) is 3.98. The van der Waals surface area contributed by atoms with Crippen LogP contribution >= 0.6 is 11.3 Å². The summed E-state index contributed by atoms with van der Waals surface area (Å²) in [6.45, 7) is 0.798.